The number of carbonyl (C=O) groups is 1. The van der Waals surface area contributed by atoms with Crippen LogP contribution in [0.1, 0.15) is 18.4 Å². The molecule has 0 bridgehead atoms. The Kier molecular flexibility index (Phi) is 6.26. The molecule has 1 aliphatic heterocycles. The minimum atomic E-state index is -4.50. The number of nitrogens with one attached hydrogen (secondary N) is 1. The number of para-hydroxylation sites is 1. The fourth-order valence-electron chi connectivity index (χ4n) is 2.97. The second-order valence-electron chi connectivity index (χ2n) is 6.38. The molecular weight excluding hydrogens is 375 g/mol. The van der Waals surface area contributed by atoms with E-state index in [9.17, 15) is 18.0 Å². The maximum absolute atomic E-state index is 13.0. The first kappa shape index (κ1) is 19.5. The van der Waals surface area contributed by atoms with Crippen LogP contribution in [-0.2, 0) is 6.18 Å². The van der Waals surface area contributed by atoms with Gasteiger partial charge in [0.25, 0.3) is 0 Å². The number of anilines is 1. The molecule has 0 radical (unpaired) electrons. The highest BCUT2D eigenvalue weighted by Crippen LogP contribution is 2.35. The number of aromatic nitrogens is 1. The molecule has 1 fully saturated rings. The Bertz CT molecular complexity index is 762. The van der Waals surface area contributed by atoms with Gasteiger partial charge in [0.15, 0.2) is 0 Å². The number of pyridine rings is 1. The molecule has 0 unspecified atom stereocenters. The van der Waals surface area contributed by atoms with Crippen LogP contribution in [0, 0.1) is 5.92 Å². The molecule has 27 heavy (non-hydrogen) atoms. The van der Waals surface area contributed by atoms with Crippen LogP contribution in [0.25, 0.3) is 0 Å². The van der Waals surface area contributed by atoms with E-state index in [2.05, 4.69) is 10.3 Å². The summed E-state index contributed by atoms with van der Waals surface area (Å²) in [5, 5.41) is 3.38. The van der Waals surface area contributed by atoms with E-state index in [-0.39, 0.29) is 5.69 Å². The van der Waals surface area contributed by atoms with E-state index in [1.165, 1.54) is 18.2 Å². The average molecular weight is 395 g/mol. The van der Waals surface area contributed by atoms with Crippen molar-refractivity contribution in [1.29, 1.82) is 0 Å². The third-order valence-corrected chi connectivity index (χ3v) is 5.66. The summed E-state index contributed by atoms with van der Waals surface area (Å²) >= 11 is 1.69. The first-order valence-electron chi connectivity index (χ1n) is 8.69. The van der Waals surface area contributed by atoms with Gasteiger partial charge in [0.1, 0.15) is 0 Å². The van der Waals surface area contributed by atoms with Gasteiger partial charge in [0, 0.05) is 25.0 Å². The zero-order valence-electron chi connectivity index (χ0n) is 14.6. The lowest BCUT2D eigenvalue weighted by Crippen LogP contribution is -2.41. The van der Waals surface area contributed by atoms with Crippen LogP contribution < -0.4 is 5.32 Å². The molecule has 2 aromatic rings. The molecule has 1 aromatic heterocycles. The summed E-state index contributed by atoms with van der Waals surface area (Å²) in [6, 6.07) is 10.3. The summed E-state index contributed by atoms with van der Waals surface area (Å²) in [4.78, 5) is 18.2. The second-order valence-corrected chi connectivity index (χ2v) is 7.42. The van der Waals surface area contributed by atoms with Gasteiger partial charge in [-0.1, -0.05) is 18.2 Å². The first-order valence-corrected chi connectivity index (χ1v) is 9.68. The van der Waals surface area contributed by atoms with Gasteiger partial charge >= 0.3 is 12.2 Å². The maximum Gasteiger partial charge on any atom is 0.418 e. The maximum atomic E-state index is 13.0. The third kappa shape index (κ3) is 5.38. The van der Waals surface area contributed by atoms with Gasteiger partial charge in [0.2, 0.25) is 0 Å². The normalized spacial score (nSPS) is 15.6. The van der Waals surface area contributed by atoms with Crippen LogP contribution in [0.4, 0.5) is 23.7 Å². The Labute approximate surface area is 160 Å². The molecule has 144 valence electrons. The monoisotopic (exact) mass is 395 g/mol. The van der Waals surface area contributed by atoms with Crippen molar-refractivity contribution in [3.63, 3.8) is 0 Å². The zero-order chi connectivity index (χ0) is 19.3. The number of hydrogen-bond acceptors (Lipinski definition) is 3. The number of rotatable bonds is 4. The zero-order valence-corrected chi connectivity index (χ0v) is 15.4. The minimum absolute atomic E-state index is 0.206. The number of alkyl halides is 3. The molecule has 0 atom stereocenters. The topological polar surface area (TPSA) is 45.2 Å². The Morgan fingerprint density at radius 1 is 1.15 bits per heavy atom. The Morgan fingerprint density at radius 2 is 1.85 bits per heavy atom. The number of carbonyl (C=O) groups excluding carboxylic acids is 1. The molecule has 4 nitrogen and oxygen atoms in total. The Balaban J connectivity index is 1.51. The summed E-state index contributed by atoms with van der Waals surface area (Å²) in [6.45, 7) is 1.07. The van der Waals surface area contributed by atoms with Crippen molar-refractivity contribution in [2.24, 2.45) is 5.92 Å². The summed E-state index contributed by atoms with van der Waals surface area (Å²) < 4.78 is 39.1. The van der Waals surface area contributed by atoms with E-state index in [0.29, 0.717) is 19.0 Å². The van der Waals surface area contributed by atoms with Gasteiger partial charge in [-0.25, -0.2) is 9.78 Å². The van der Waals surface area contributed by atoms with E-state index in [0.717, 1.165) is 29.7 Å². The smallest absolute Gasteiger partial charge is 0.325 e. The highest BCUT2D eigenvalue weighted by atomic mass is 32.2. The van der Waals surface area contributed by atoms with Crippen molar-refractivity contribution in [3.05, 3.63) is 54.2 Å². The van der Waals surface area contributed by atoms with Crippen LogP contribution in [0.15, 0.2) is 53.7 Å². The molecule has 0 saturated carbocycles. The van der Waals surface area contributed by atoms with Crippen LogP contribution in [0.5, 0.6) is 0 Å². The van der Waals surface area contributed by atoms with E-state index in [4.69, 9.17) is 0 Å². The summed E-state index contributed by atoms with van der Waals surface area (Å²) in [5.74, 6) is 1.38. The molecular formula is C19H20F3N3OS. The fourth-order valence-corrected chi connectivity index (χ4v) is 4.02. The summed E-state index contributed by atoms with van der Waals surface area (Å²) in [5.41, 5.74) is -1.04. The van der Waals surface area contributed by atoms with Crippen molar-refractivity contribution in [3.8, 4) is 0 Å². The lowest BCUT2D eigenvalue weighted by atomic mass is 9.99. The number of urea groups is 1. The molecule has 8 heteroatoms. The highest BCUT2D eigenvalue weighted by Gasteiger charge is 2.34. The third-order valence-electron chi connectivity index (χ3n) is 4.48. The average Bonchev–Trinajstić information content (AvgIpc) is 2.67. The number of hydrogen-bond donors (Lipinski definition) is 1. The van der Waals surface area contributed by atoms with Crippen molar-refractivity contribution in [2.45, 2.75) is 24.0 Å². The van der Waals surface area contributed by atoms with Crippen LogP contribution in [-0.4, -0.2) is 34.8 Å². The van der Waals surface area contributed by atoms with E-state index in [1.807, 2.05) is 18.2 Å². The second kappa shape index (κ2) is 8.65. The van der Waals surface area contributed by atoms with Crippen molar-refractivity contribution in [2.75, 3.05) is 24.2 Å². The fraction of sp³-hybridized carbons (Fsp3) is 0.368. The number of benzene rings is 1. The van der Waals surface area contributed by atoms with Crippen molar-refractivity contribution >= 4 is 23.5 Å². The molecule has 1 saturated heterocycles. The molecule has 3 rings (SSSR count). The molecule has 0 spiro atoms. The molecule has 1 N–H and O–H groups in total. The Hall–Kier alpha value is -2.22. The van der Waals surface area contributed by atoms with Gasteiger partial charge in [-0.3, -0.25) is 0 Å². The molecule has 1 aliphatic rings. The Morgan fingerprint density at radius 3 is 2.52 bits per heavy atom. The van der Waals surface area contributed by atoms with E-state index in [1.54, 1.807) is 22.9 Å². The first-order chi connectivity index (χ1) is 12.9. The van der Waals surface area contributed by atoms with Gasteiger partial charge in [-0.15, -0.1) is 11.8 Å². The van der Waals surface area contributed by atoms with Crippen molar-refractivity contribution in [1.82, 2.24) is 9.88 Å². The number of nitrogens with zero attached hydrogens (tertiary/aromatic N) is 2. The van der Waals surface area contributed by atoms with Gasteiger partial charge in [-0.05, 0) is 43.0 Å². The van der Waals surface area contributed by atoms with Crippen LogP contribution >= 0.6 is 11.8 Å². The number of halogens is 3. The van der Waals surface area contributed by atoms with Gasteiger partial charge < -0.3 is 10.2 Å². The molecule has 2 amide bonds. The number of amides is 2. The molecule has 2 heterocycles. The quantitative estimate of drug-likeness (QED) is 0.730. The largest absolute Gasteiger partial charge is 0.418 e. The van der Waals surface area contributed by atoms with Crippen LogP contribution in [0.2, 0.25) is 0 Å². The number of likely N-dealkylation sites (tertiary alicyclic amines) is 1. The predicted octanol–water partition coefficient (Wildman–Crippen LogP) is 5.14. The van der Waals surface area contributed by atoms with E-state index >= 15 is 0 Å². The molecule has 1 aromatic carbocycles. The summed E-state index contributed by atoms with van der Waals surface area (Å²) in [6.07, 6.45) is -1.09. The van der Waals surface area contributed by atoms with Crippen LogP contribution in [0.3, 0.4) is 0 Å². The predicted molar refractivity (Wildman–Crippen MR) is 99.7 cm³/mol. The highest BCUT2D eigenvalue weighted by molar-refractivity contribution is 7.99. The SMILES string of the molecule is O=C(Nc1ccccc1C(F)(F)F)N1CCC(CSc2ccccn2)CC1. The lowest BCUT2D eigenvalue weighted by molar-refractivity contribution is -0.136. The van der Waals surface area contributed by atoms with Gasteiger partial charge in [0.05, 0.1) is 16.3 Å². The van der Waals surface area contributed by atoms with E-state index < -0.39 is 17.8 Å². The van der Waals surface area contributed by atoms with Crippen molar-refractivity contribution < 1.29 is 18.0 Å². The molecule has 0 aliphatic carbocycles. The number of thioether (sulfide) groups is 1. The lowest BCUT2D eigenvalue weighted by Gasteiger charge is -2.32. The summed E-state index contributed by atoms with van der Waals surface area (Å²) in [7, 11) is 0. The minimum Gasteiger partial charge on any atom is -0.325 e. The number of piperidine rings is 1. The van der Waals surface area contributed by atoms with Gasteiger partial charge in [-0.2, -0.15) is 13.2 Å². The standard InChI is InChI=1S/C19H20F3N3OS/c20-19(21,22)15-5-1-2-6-16(15)24-18(26)25-11-8-14(9-12-25)13-27-17-7-3-4-10-23-17/h1-7,10,14H,8-9,11-13H2,(H,24,26).